The Morgan fingerprint density at radius 2 is 2.23 bits per heavy atom. The number of nitriles is 1. The smallest absolute Gasteiger partial charge is 0.267 e. The van der Waals surface area contributed by atoms with Crippen molar-refractivity contribution in [2.45, 2.75) is 13.8 Å². The van der Waals surface area contributed by atoms with Gasteiger partial charge < -0.3 is 10.6 Å². The van der Waals surface area contributed by atoms with Gasteiger partial charge in [-0.1, -0.05) is 17.7 Å². The summed E-state index contributed by atoms with van der Waals surface area (Å²) in [7, 11) is 0. The molecule has 0 fully saturated rings. The van der Waals surface area contributed by atoms with Gasteiger partial charge in [-0.15, -0.1) is 11.3 Å². The molecule has 0 aliphatic heterocycles. The van der Waals surface area contributed by atoms with Crippen molar-refractivity contribution in [3.63, 3.8) is 0 Å². The molecule has 0 saturated heterocycles. The van der Waals surface area contributed by atoms with Crippen LogP contribution in [0.15, 0.2) is 36.0 Å². The summed E-state index contributed by atoms with van der Waals surface area (Å²) in [5, 5.41) is 15.7. The number of hydrogen-bond acceptors (Lipinski definition) is 5. The molecule has 2 aromatic rings. The topological polar surface area (TPSA) is 77.8 Å². The molecule has 1 heterocycles. The molecule has 5 nitrogen and oxygen atoms in total. The molecule has 0 bridgehead atoms. The van der Waals surface area contributed by atoms with Crippen LogP contribution < -0.4 is 10.6 Å². The average molecular weight is 333 g/mol. The molecule has 112 valence electrons. The van der Waals surface area contributed by atoms with Crippen LogP contribution in [-0.2, 0) is 4.79 Å². The van der Waals surface area contributed by atoms with Crippen molar-refractivity contribution in [1.82, 2.24) is 4.98 Å². The summed E-state index contributed by atoms with van der Waals surface area (Å²) in [4.78, 5) is 17.4. The van der Waals surface area contributed by atoms with Crippen molar-refractivity contribution in [3.05, 3.63) is 51.6 Å². The average Bonchev–Trinajstić information content (AvgIpc) is 2.78. The van der Waals surface area contributed by atoms with E-state index in [1.54, 1.807) is 24.3 Å². The molecule has 0 radical (unpaired) electrons. The van der Waals surface area contributed by atoms with Gasteiger partial charge in [-0.2, -0.15) is 5.26 Å². The first kappa shape index (κ1) is 16.0. The van der Waals surface area contributed by atoms with E-state index in [0.717, 1.165) is 10.6 Å². The molecule has 0 atom stereocenters. The number of aromatic nitrogens is 1. The molecule has 0 saturated carbocycles. The molecule has 0 spiro atoms. The summed E-state index contributed by atoms with van der Waals surface area (Å²) in [5.41, 5.74) is 1.40. The van der Waals surface area contributed by atoms with Gasteiger partial charge in [0.05, 0.1) is 5.69 Å². The molecule has 0 aliphatic rings. The van der Waals surface area contributed by atoms with E-state index in [1.165, 1.54) is 17.5 Å². The van der Waals surface area contributed by atoms with Crippen LogP contribution in [-0.4, -0.2) is 10.9 Å². The lowest BCUT2D eigenvalue weighted by atomic mass is 10.2. The molecule has 1 aromatic carbocycles. The molecular weight excluding hydrogens is 320 g/mol. The predicted octanol–water partition coefficient (Wildman–Crippen LogP) is 3.87. The maximum atomic E-state index is 12.0. The fourth-order valence-electron chi connectivity index (χ4n) is 1.58. The van der Waals surface area contributed by atoms with Crippen LogP contribution in [0.1, 0.15) is 10.6 Å². The SMILES string of the molecule is Cc1nc(N/C=C(/C#N)C(=O)Nc2cccc(Cl)c2)sc1C. The first-order valence-corrected chi connectivity index (χ1v) is 7.57. The van der Waals surface area contributed by atoms with Crippen molar-refractivity contribution in [3.8, 4) is 6.07 Å². The van der Waals surface area contributed by atoms with E-state index in [2.05, 4.69) is 15.6 Å². The van der Waals surface area contributed by atoms with E-state index in [4.69, 9.17) is 16.9 Å². The Morgan fingerprint density at radius 1 is 1.45 bits per heavy atom. The summed E-state index contributed by atoms with van der Waals surface area (Å²) >= 11 is 7.31. The van der Waals surface area contributed by atoms with E-state index in [0.29, 0.717) is 15.8 Å². The molecule has 0 aliphatic carbocycles. The molecule has 7 heteroatoms. The summed E-state index contributed by atoms with van der Waals surface area (Å²) < 4.78 is 0. The number of amides is 1. The molecule has 2 rings (SSSR count). The van der Waals surface area contributed by atoms with Crippen LogP contribution in [0, 0.1) is 25.2 Å². The van der Waals surface area contributed by atoms with Crippen LogP contribution in [0.3, 0.4) is 0 Å². The highest BCUT2D eigenvalue weighted by Gasteiger charge is 2.10. The van der Waals surface area contributed by atoms with E-state index >= 15 is 0 Å². The minimum atomic E-state index is -0.512. The molecule has 2 N–H and O–H groups in total. The second-order valence-corrected chi connectivity index (χ2v) is 6.08. The van der Waals surface area contributed by atoms with Gasteiger partial charge in [0.15, 0.2) is 5.13 Å². The van der Waals surface area contributed by atoms with Crippen LogP contribution in [0.4, 0.5) is 10.8 Å². The van der Waals surface area contributed by atoms with Gasteiger partial charge in [-0.05, 0) is 32.0 Å². The fourth-order valence-corrected chi connectivity index (χ4v) is 2.56. The lowest BCUT2D eigenvalue weighted by molar-refractivity contribution is -0.112. The number of hydrogen-bond donors (Lipinski definition) is 2. The van der Waals surface area contributed by atoms with Crippen molar-refractivity contribution < 1.29 is 4.79 Å². The van der Waals surface area contributed by atoms with E-state index in [-0.39, 0.29) is 5.57 Å². The highest BCUT2D eigenvalue weighted by molar-refractivity contribution is 7.15. The van der Waals surface area contributed by atoms with Gasteiger partial charge in [-0.3, -0.25) is 4.79 Å². The second kappa shape index (κ2) is 7.07. The first-order valence-electron chi connectivity index (χ1n) is 6.37. The van der Waals surface area contributed by atoms with Gasteiger partial charge in [0.25, 0.3) is 5.91 Å². The van der Waals surface area contributed by atoms with Crippen molar-refractivity contribution >= 4 is 39.7 Å². The summed E-state index contributed by atoms with van der Waals surface area (Å²) in [6.07, 6.45) is 1.34. The highest BCUT2D eigenvalue weighted by atomic mass is 35.5. The van der Waals surface area contributed by atoms with Crippen molar-refractivity contribution in [2.24, 2.45) is 0 Å². The normalized spacial score (nSPS) is 10.9. The van der Waals surface area contributed by atoms with Gasteiger partial charge >= 0.3 is 0 Å². The summed E-state index contributed by atoms with van der Waals surface area (Å²) in [5.74, 6) is -0.512. The number of rotatable bonds is 4. The van der Waals surface area contributed by atoms with Gasteiger partial charge in [-0.25, -0.2) is 4.98 Å². The van der Waals surface area contributed by atoms with Crippen LogP contribution >= 0.6 is 22.9 Å². The van der Waals surface area contributed by atoms with E-state index < -0.39 is 5.91 Å². The zero-order valence-electron chi connectivity index (χ0n) is 12.0. The van der Waals surface area contributed by atoms with Gasteiger partial charge in [0.1, 0.15) is 11.6 Å². The first-order chi connectivity index (χ1) is 10.5. The summed E-state index contributed by atoms with van der Waals surface area (Å²) in [6.45, 7) is 3.86. The molecule has 22 heavy (non-hydrogen) atoms. The lowest BCUT2D eigenvalue weighted by Crippen LogP contribution is -2.14. The Bertz CT molecular complexity index is 757. The Kier molecular flexibility index (Phi) is 5.15. The van der Waals surface area contributed by atoms with Gasteiger partial charge in [0, 0.05) is 21.8 Å². The minimum absolute atomic E-state index is 0.0505. The fraction of sp³-hybridized carbons (Fsp3) is 0.133. The van der Waals surface area contributed by atoms with Crippen LogP contribution in [0.5, 0.6) is 0 Å². The van der Waals surface area contributed by atoms with Crippen LogP contribution in [0.25, 0.3) is 0 Å². The standard InChI is InChI=1S/C15H13ClN4OS/c1-9-10(2)22-15(19-9)18-8-11(7-17)14(21)20-13-5-3-4-12(16)6-13/h3-6,8H,1-2H3,(H,18,19)(H,20,21)/b11-8-. The number of carbonyl (C=O) groups excluding carboxylic acids is 1. The molecule has 0 unspecified atom stereocenters. The van der Waals surface area contributed by atoms with E-state index in [1.807, 2.05) is 19.9 Å². The number of anilines is 2. The third-order valence-corrected chi connectivity index (χ3v) is 4.06. The maximum absolute atomic E-state index is 12.0. The Labute approximate surface area is 137 Å². The Balaban J connectivity index is 2.08. The van der Waals surface area contributed by atoms with Gasteiger partial charge in [0.2, 0.25) is 0 Å². The second-order valence-electron chi connectivity index (χ2n) is 4.44. The number of nitrogens with zero attached hydrogens (tertiary/aromatic N) is 2. The molecule has 1 amide bonds. The Morgan fingerprint density at radius 3 is 2.82 bits per heavy atom. The number of carbonyl (C=O) groups is 1. The maximum Gasteiger partial charge on any atom is 0.267 e. The third kappa shape index (κ3) is 4.07. The summed E-state index contributed by atoms with van der Waals surface area (Å²) in [6, 6.07) is 8.58. The highest BCUT2D eigenvalue weighted by Crippen LogP contribution is 2.21. The quantitative estimate of drug-likeness (QED) is 0.658. The third-order valence-electron chi connectivity index (χ3n) is 2.82. The zero-order valence-corrected chi connectivity index (χ0v) is 13.5. The van der Waals surface area contributed by atoms with Crippen molar-refractivity contribution in [2.75, 3.05) is 10.6 Å². The monoisotopic (exact) mass is 332 g/mol. The molecule has 1 aromatic heterocycles. The largest absolute Gasteiger partial charge is 0.337 e. The number of nitrogens with one attached hydrogen (secondary N) is 2. The lowest BCUT2D eigenvalue weighted by Gasteiger charge is -2.04. The predicted molar refractivity (Wildman–Crippen MR) is 89.0 cm³/mol. The molecular formula is C15H13ClN4OS. The van der Waals surface area contributed by atoms with Crippen molar-refractivity contribution in [1.29, 1.82) is 5.26 Å². The minimum Gasteiger partial charge on any atom is -0.337 e. The van der Waals surface area contributed by atoms with Crippen LogP contribution in [0.2, 0.25) is 5.02 Å². The number of thiazole rings is 1. The number of halogens is 1. The zero-order chi connectivity index (χ0) is 16.1. The van der Waals surface area contributed by atoms with E-state index in [9.17, 15) is 4.79 Å². The number of benzene rings is 1. The Hall–Kier alpha value is -2.36. The number of aryl methyl sites for hydroxylation is 2.